The van der Waals surface area contributed by atoms with Gasteiger partial charge in [-0.05, 0) is 23.8 Å². The highest BCUT2D eigenvalue weighted by atomic mass is 19.1. The van der Waals surface area contributed by atoms with E-state index in [1.54, 1.807) is 0 Å². The molecule has 0 unspecified atom stereocenters. The molecular weight excluding hydrogens is 257 g/mol. The van der Waals surface area contributed by atoms with Crippen molar-refractivity contribution in [1.29, 1.82) is 0 Å². The summed E-state index contributed by atoms with van der Waals surface area (Å²) in [6, 6.07) is 12.9. The molecule has 0 aliphatic rings. The Morgan fingerprint density at radius 3 is 2.50 bits per heavy atom. The molecule has 1 atom stereocenters. The molecule has 4 nitrogen and oxygen atoms in total. The molecule has 2 aromatic rings. The van der Waals surface area contributed by atoms with Gasteiger partial charge in [0.25, 0.3) is 0 Å². The molecule has 0 saturated heterocycles. The summed E-state index contributed by atoms with van der Waals surface area (Å²) in [5.41, 5.74) is 12.8. The number of nitrogens with two attached hydrogens (primary N) is 2. The number of rotatable bonds is 5. The predicted molar refractivity (Wildman–Crippen MR) is 77.6 cm³/mol. The van der Waals surface area contributed by atoms with E-state index in [9.17, 15) is 9.18 Å². The van der Waals surface area contributed by atoms with Gasteiger partial charge in [-0.25, -0.2) is 4.39 Å². The van der Waals surface area contributed by atoms with E-state index in [4.69, 9.17) is 11.5 Å². The van der Waals surface area contributed by atoms with Crippen molar-refractivity contribution in [2.45, 2.75) is 12.5 Å². The molecule has 1 amide bonds. The summed E-state index contributed by atoms with van der Waals surface area (Å²) in [4.78, 5) is 11.5. The number of primary amides is 1. The quantitative estimate of drug-likeness (QED) is 0.728. The van der Waals surface area contributed by atoms with Crippen LogP contribution in [0.3, 0.4) is 0 Å². The lowest BCUT2D eigenvalue weighted by Gasteiger charge is -2.18. The molecule has 2 rings (SSSR count). The van der Waals surface area contributed by atoms with Crippen LogP contribution >= 0.6 is 0 Å². The number of hydrogen-bond acceptors (Lipinski definition) is 3. The van der Waals surface area contributed by atoms with Crippen molar-refractivity contribution in [2.24, 2.45) is 5.73 Å². The summed E-state index contributed by atoms with van der Waals surface area (Å²) in [5, 5.41) is 2.96. The molecule has 0 fully saturated rings. The lowest BCUT2D eigenvalue weighted by molar-refractivity contribution is -0.118. The van der Waals surface area contributed by atoms with Gasteiger partial charge in [0.1, 0.15) is 11.9 Å². The van der Waals surface area contributed by atoms with E-state index < -0.39 is 17.8 Å². The van der Waals surface area contributed by atoms with Crippen molar-refractivity contribution < 1.29 is 9.18 Å². The zero-order valence-electron chi connectivity index (χ0n) is 10.8. The van der Waals surface area contributed by atoms with Crippen molar-refractivity contribution in [1.82, 2.24) is 0 Å². The van der Waals surface area contributed by atoms with E-state index in [-0.39, 0.29) is 5.69 Å². The van der Waals surface area contributed by atoms with Crippen LogP contribution in [0.2, 0.25) is 0 Å². The van der Waals surface area contributed by atoms with Crippen LogP contribution in [0.4, 0.5) is 15.8 Å². The molecule has 0 heterocycles. The first-order chi connectivity index (χ1) is 9.56. The van der Waals surface area contributed by atoms with Crippen LogP contribution in [-0.4, -0.2) is 11.9 Å². The molecule has 0 spiro atoms. The van der Waals surface area contributed by atoms with Gasteiger partial charge < -0.3 is 16.8 Å². The summed E-state index contributed by atoms with van der Waals surface area (Å²) in [6.45, 7) is 0. The maximum absolute atomic E-state index is 13.0. The van der Waals surface area contributed by atoms with Gasteiger partial charge in [-0.15, -0.1) is 0 Å². The minimum Gasteiger partial charge on any atom is -0.397 e. The highest BCUT2D eigenvalue weighted by Gasteiger charge is 2.16. The van der Waals surface area contributed by atoms with Crippen molar-refractivity contribution in [3.05, 3.63) is 59.9 Å². The van der Waals surface area contributed by atoms with Gasteiger partial charge in [0.2, 0.25) is 5.91 Å². The smallest absolute Gasteiger partial charge is 0.240 e. The summed E-state index contributed by atoms with van der Waals surface area (Å²) in [6.07, 6.45) is 0.437. The van der Waals surface area contributed by atoms with E-state index >= 15 is 0 Å². The zero-order chi connectivity index (χ0) is 14.5. The third kappa shape index (κ3) is 3.47. The molecule has 0 aliphatic heterocycles. The number of amides is 1. The highest BCUT2D eigenvalue weighted by Crippen LogP contribution is 2.20. The molecule has 0 saturated carbocycles. The molecule has 0 aromatic heterocycles. The molecule has 0 radical (unpaired) electrons. The summed E-state index contributed by atoms with van der Waals surface area (Å²) in [7, 11) is 0. The SMILES string of the molecule is NC(=O)[C@H](Cc1ccccc1)Nc1ccc(F)cc1N. The molecule has 0 bridgehead atoms. The Labute approximate surface area is 116 Å². The van der Waals surface area contributed by atoms with Crippen LogP contribution in [0.5, 0.6) is 0 Å². The minimum atomic E-state index is -0.606. The second-order valence-electron chi connectivity index (χ2n) is 4.52. The zero-order valence-corrected chi connectivity index (χ0v) is 10.8. The van der Waals surface area contributed by atoms with Crippen LogP contribution in [0.25, 0.3) is 0 Å². The molecule has 20 heavy (non-hydrogen) atoms. The number of benzene rings is 2. The molecular formula is C15H16FN3O. The molecule has 0 aliphatic carbocycles. The van der Waals surface area contributed by atoms with Crippen LogP contribution in [0, 0.1) is 5.82 Å². The monoisotopic (exact) mass is 273 g/mol. The molecule has 5 heteroatoms. The number of anilines is 2. The normalized spacial score (nSPS) is 11.8. The Morgan fingerprint density at radius 2 is 1.90 bits per heavy atom. The molecule has 5 N–H and O–H groups in total. The Kier molecular flexibility index (Phi) is 4.20. The highest BCUT2D eigenvalue weighted by molar-refractivity contribution is 5.84. The van der Waals surface area contributed by atoms with Gasteiger partial charge in [0.05, 0.1) is 11.4 Å². The van der Waals surface area contributed by atoms with Crippen LogP contribution in [-0.2, 0) is 11.2 Å². The summed E-state index contributed by atoms with van der Waals surface area (Å²) in [5.74, 6) is -0.913. The third-order valence-corrected chi connectivity index (χ3v) is 2.97. The maximum Gasteiger partial charge on any atom is 0.240 e. The van der Waals surface area contributed by atoms with Crippen LogP contribution < -0.4 is 16.8 Å². The number of nitrogen functional groups attached to an aromatic ring is 1. The standard InChI is InChI=1S/C15H16FN3O/c16-11-6-7-13(12(17)9-11)19-14(15(18)20)8-10-4-2-1-3-5-10/h1-7,9,14,19H,8,17H2,(H2,18,20)/t14-/m0/s1. The average molecular weight is 273 g/mol. The Morgan fingerprint density at radius 1 is 1.20 bits per heavy atom. The Hall–Kier alpha value is -2.56. The topological polar surface area (TPSA) is 81.1 Å². The average Bonchev–Trinajstić information content (AvgIpc) is 2.42. The van der Waals surface area contributed by atoms with Crippen LogP contribution in [0.1, 0.15) is 5.56 Å². The van der Waals surface area contributed by atoms with Gasteiger partial charge in [-0.1, -0.05) is 30.3 Å². The van der Waals surface area contributed by atoms with E-state index in [0.717, 1.165) is 5.56 Å². The number of carbonyl (C=O) groups excluding carboxylic acids is 1. The molecule has 2 aromatic carbocycles. The van der Waals surface area contributed by atoms with E-state index in [2.05, 4.69) is 5.32 Å². The van der Waals surface area contributed by atoms with Crippen molar-refractivity contribution in [3.8, 4) is 0 Å². The van der Waals surface area contributed by atoms with E-state index in [1.807, 2.05) is 30.3 Å². The molecule has 104 valence electrons. The third-order valence-electron chi connectivity index (χ3n) is 2.97. The van der Waals surface area contributed by atoms with Crippen LogP contribution in [0.15, 0.2) is 48.5 Å². The fraction of sp³-hybridized carbons (Fsp3) is 0.133. The van der Waals surface area contributed by atoms with E-state index in [0.29, 0.717) is 12.1 Å². The minimum absolute atomic E-state index is 0.240. The number of halogens is 1. The maximum atomic E-state index is 13.0. The lowest BCUT2D eigenvalue weighted by Crippen LogP contribution is -2.37. The first-order valence-corrected chi connectivity index (χ1v) is 6.21. The van der Waals surface area contributed by atoms with E-state index in [1.165, 1.54) is 18.2 Å². The van der Waals surface area contributed by atoms with Gasteiger partial charge in [-0.2, -0.15) is 0 Å². The Bertz CT molecular complexity index is 601. The van der Waals surface area contributed by atoms with Crippen molar-refractivity contribution in [2.75, 3.05) is 11.1 Å². The largest absolute Gasteiger partial charge is 0.397 e. The second kappa shape index (κ2) is 6.06. The second-order valence-corrected chi connectivity index (χ2v) is 4.52. The van der Waals surface area contributed by atoms with Gasteiger partial charge in [0, 0.05) is 6.42 Å². The first kappa shape index (κ1) is 13.9. The van der Waals surface area contributed by atoms with Gasteiger partial charge >= 0.3 is 0 Å². The number of carbonyl (C=O) groups is 1. The fourth-order valence-electron chi connectivity index (χ4n) is 1.93. The number of nitrogens with one attached hydrogen (secondary N) is 1. The predicted octanol–water partition coefficient (Wildman–Crippen LogP) is 1.92. The van der Waals surface area contributed by atoms with Gasteiger partial charge in [-0.3, -0.25) is 4.79 Å². The van der Waals surface area contributed by atoms with Crippen molar-refractivity contribution >= 4 is 17.3 Å². The van der Waals surface area contributed by atoms with Gasteiger partial charge in [0.15, 0.2) is 0 Å². The summed E-state index contributed by atoms with van der Waals surface area (Å²) >= 11 is 0. The lowest BCUT2D eigenvalue weighted by atomic mass is 10.0. The Balaban J connectivity index is 2.15. The number of hydrogen-bond donors (Lipinski definition) is 3. The first-order valence-electron chi connectivity index (χ1n) is 6.21. The fourth-order valence-corrected chi connectivity index (χ4v) is 1.93. The summed E-state index contributed by atoms with van der Waals surface area (Å²) < 4.78 is 13.0. The van der Waals surface area contributed by atoms with Crippen molar-refractivity contribution in [3.63, 3.8) is 0 Å².